The molecule has 110 valence electrons. The Kier molecular flexibility index (Phi) is 3.89. The SMILES string of the molecule is OCC1CCCN1c1c(F)cc(CNC2CC2)cc1F. The first-order valence-electron chi connectivity index (χ1n) is 7.28. The van der Waals surface area contributed by atoms with Crippen molar-refractivity contribution < 1.29 is 13.9 Å². The Bertz CT molecular complexity index is 468. The molecule has 0 radical (unpaired) electrons. The molecule has 20 heavy (non-hydrogen) atoms. The van der Waals surface area contributed by atoms with Gasteiger partial charge < -0.3 is 15.3 Å². The van der Waals surface area contributed by atoms with E-state index in [1.807, 2.05) is 0 Å². The standard InChI is InChI=1S/C15H20F2N2O/c16-13-6-10(8-18-11-3-4-11)7-14(17)15(13)19-5-1-2-12(19)9-20/h6-7,11-12,18,20H,1-5,8-9H2. The highest BCUT2D eigenvalue weighted by atomic mass is 19.1. The molecule has 1 saturated carbocycles. The highest BCUT2D eigenvalue weighted by molar-refractivity contribution is 5.52. The van der Waals surface area contributed by atoms with Gasteiger partial charge in [-0.15, -0.1) is 0 Å². The average molecular weight is 282 g/mol. The van der Waals surface area contributed by atoms with Crippen molar-refractivity contribution in [1.29, 1.82) is 0 Å². The molecule has 3 rings (SSSR count). The fourth-order valence-corrected chi connectivity index (χ4v) is 2.86. The van der Waals surface area contributed by atoms with Crippen molar-refractivity contribution in [1.82, 2.24) is 5.32 Å². The maximum Gasteiger partial charge on any atom is 0.149 e. The molecule has 1 aromatic rings. The van der Waals surface area contributed by atoms with Gasteiger partial charge in [0.2, 0.25) is 0 Å². The molecule has 1 atom stereocenters. The second-order valence-electron chi connectivity index (χ2n) is 5.74. The van der Waals surface area contributed by atoms with Gasteiger partial charge in [0, 0.05) is 19.1 Å². The third-order valence-electron chi connectivity index (χ3n) is 4.12. The first-order chi connectivity index (χ1) is 9.69. The number of hydrogen-bond donors (Lipinski definition) is 2. The molecule has 1 unspecified atom stereocenters. The summed E-state index contributed by atoms with van der Waals surface area (Å²) in [5.74, 6) is -1.06. The predicted molar refractivity (Wildman–Crippen MR) is 73.7 cm³/mol. The minimum Gasteiger partial charge on any atom is -0.394 e. The lowest BCUT2D eigenvalue weighted by Gasteiger charge is -2.26. The Morgan fingerprint density at radius 1 is 1.20 bits per heavy atom. The lowest BCUT2D eigenvalue weighted by Crippen LogP contribution is -2.33. The number of benzene rings is 1. The molecule has 3 nitrogen and oxygen atoms in total. The number of nitrogens with zero attached hydrogens (tertiary/aromatic N) is 1. The van der Waals surface area contributed by atoms with Crippen molar-refractivity contribution in [2.45, 2.75) is 44.3 Å². The van der Waals surface area contributed by atoms with E-state index >= 15 is 0 Å². The molecule has 0 spiro atoms. The van der Waals surface area contributed by atoms with Gasteiger partial charge in [-0.05, 0) is 43.4 Å². The third-order valence-corrected chi connectivity index (χ3v) is 4.12. The van der Waals surface area contributed by atoms with E-state index in [1.165, 1.54) is 12.1 Å². The molecule has 1 saturated heterocycles. The highest BCUT2D eigenvalue weighted by Crippen LogP contribution is 2.31. The van der Waals surface area contributed by atoms with Gasteiger partial charge in [0.1, 0.15) is 17.3 Å². The van der Waals surface area contributed by atoms with E-state index in [-0.39, 0.29) is 18.3 Å². The van der Waals surface area contributed by atoms with E-state index < -0.39 is 11.6 Å². The summed E-state index contributed by atoms with van der Waals surface area (Å²) in [5, 5.41) is 12.5. The molecule has 1 aliphatic heterocycles. The van der Waals surface area contributed by atoms with Crippen LogP contribution in [-0.4, -0.2) is 30.3 Å². The van der Waals surface area contributed by atoms with Crippen LogP contribution in [0.5, 0.6) is 0 Å². The van der Waals surface area contributed by atoms with Crippen LogP contribution in [-0.2, 0) is 6.54 Å². The number of anilines is 1. The number of halogens is 2. The molecule has 2 N–H and O–H groups in total. The lowest BCUT2D eigenvalue weighted by molar-refractivity contribution is 0.265. The van der Waals surface area contributed by atoms with Crippen LogP contribution >= 0.6 is 0 Å². The fraction of sp³-hybridized carbons (Fsp3) is 0.600. The number of nitrogens with one attached hydrogen (secondary N) is 1. The van der Waals surface area contributed by atoms with Crippen molar-refractivity contribution >= 4 is 5.69 Å². The summed E-state index contributed by atoms with van der Waals surface area (Å²) in [5.41, 5.74) is 0.645. The number of rotatable bonds is 5. The third kappa shape index (κ3) is 2.79. The van der Waals surface area contributed by atoms with Gasteiger partial charge in [-0.25, -0.2) is 8.78 Å². The van der Waals surface area contributed by atoms with Crippen LogP contribution in [0.4, 0.5) is 14.5 Å². The molecular formula is C15H20F2N2O. The number of hydrogen-bond acceptors (Lipinski definition) is 3. The first-order valence-corrected chi connectivity index (χ1v) is 7.28. The predicted octanol–water partition coefficient (Wildman–Crippen LogP) is 2.18. The van der Waals surface area contributed by atoms with Crippen LogP contribution in [0, 0.1) is 11.6 Å². The second-order valence-corrected chi connectivity index (χ2v) is 5.74. The lowest BCUT2D eigenvalue weighted by atomic mass is 10.1. The Labute approximate surface area is 117 Å². The minimum absolute atomic E-state index is 0.0109. The maximum absolute atomic E-state index is 14.2. The van der Waals surface area contributed by atoms with Crippen LogP contribution in [0.3, 0.4) is 0 Å². The topological polar surface area (TPSA) is 35.5 Å². The van der Waals surface area contributed by atoms with E-state index in [1.54, 1.807) is 4.90 Å². The highest BCUT2D eigenvalue weighted by Gasteiger charge is 2.29. The van der Waals surface area contributed by atoms with Crippen LogP contribution < -0.4 is 10.2 Å². The molecule has 2 fully saturated rings. The monoisotopic (exact) mass is 282 g/mol. The van der Waals surface area contributed by atoms with Gasteiger partial charge in [-0.2, -0.15) is 0 Å². The zero-order valence-electron chi connectivity index (χ0n) is 11.4. The van der Waals surface area contributed by atoms with Gasteiger partial charge in [0.15, 0.2) is 0 Å². The summed E-state index contributed by atoms with van der Waals surface area (Å²) in [6.45, 7) is 1.03. The molecule has 0 amide bonds. The molecule has 2 aliphatic rings. The Morgan fingerprint density at radius 2 is 1.90 bits per heavy atom. The summed E-state index contributed by atoms with van der Waals surface area (Å²) >= 11 is 0. The van der Waals surface area contributed by atoms with Crippen molar-refractivity contribution in [3.63, 3.8) is 0 Å². The van der Waals surface area contributed by atoms with Gasteiger partial charge in [0.25, 0.3) is 0 Å². The summed E-state index contributed by atoms with van der Waals surface area (Å²) in [7, 11) is 0. The zero-order valence-corrected chi connectivity index (χ0v) is 11.4. The van der Waals surface area contributed by atoms with E-state index in [0.29, 0.717) is 24.7 Å². The largest absolute Gasteiger partial charge is 0.394 e. The van der Waals surface area contributed by atoms with Crippen molar-refractivity contribution in [3.8, 4) is 0 Å². The number of aliphatic hydroxyl groups is 1. The molecule has 1 aromatic carbocycles. The second kappa shape index (κ2) is 5.66. The van der Waals surface area contributed by atoms with E-state index in [4.69, 9.17) is 0 Å². The van der Waals surface area contributed by atoms with Crippen molar-refractivity contribution in [2.24, 2.45) is 0 Å². The van der Waals surface area contributed by atoms with Crippen LogP contribution in [0.1, 0.15) is 31.2 Å². The zero-order chi connectivity index (χ0) is 14.1. The van der Waals surface area contributed by atoms with E-state index in [0.717, 1.165) is 25.7 Å². The summed E-state index contributed by atoms with van der Waals surface area (Å²) in [6, 6.07) is 3.15. The van der Waals surface area contributed by atoms with Gasteiger partial charge in [-0.3, -0.25) is 0 Å². The van der Waals surface area contributed by atoms with Crippen molar-refractivity contribution in [3.05, 3.63) is 29.3 Å². The fourth-order valence-electron chi connectivity index (χ4n) is 2.86. The summed E-state index contributed by atoms with van der Waals surface area (Å²) in [6.07, 6.45) is 3.93. The molecule has 1 aliphatic carbocycles. The molecule has 0 aromatic heterocycles. The maximum atomic E-state index is 14.2. The normalized spacial score (nSPS) is 22.6. The Balaban J connectivity index is 1.80. The Hall–Kier alpha value is -1.20. The molecule has 1 heterocycles. The van der Waals surface area contributed by atoms with Crippen LogP contribution in [0.25, 0.3) is 0 Å². The smallest absolute Gasteiger partial charge is 0.149 e. The van der Waals surface area contributed by atoms with Gasteiger partial charge in [-0.1, -0.05) is 0 Å². The summed E-state index contributed by atoms with van der Waals surface area (Å²) < 4.78 is 28.4. The van der Waals surface area contributed by atoms with Gasteiger partial charge >= 0.3 is 0 Å². The molecular weight excluding hydrogens is 262 g/mol. The summed E-state index contributed by atoms with van der Waals surface area (Å²) in [4.78, 5) is 1.66. The molecule has 0 bridgehead atoms. The van der Waals surface area contributed by atoms with E-state index in [9.17, 15) is 13.9 Å². The van der Waals surface area contributed by atoms with E-state index in [2.05, 4.69) is 5.32 Å². The Morgan fingerprint density at radius 3 is 2.50 bits per heavy atom. The van der Waals surface area contributed by atoms with Gasteiger partial charge in [0.05, 0.1) is 12.6 Å². The van der Waals surface area contributed by atoms with Crippen molar-refractivity contribution in [2.75, 3.05) is 18.1 Å². The van der Waals surface area contributed by atoms with Crippen LogP contribution in [0.15, 0.2) is 12.1 Å². The molecule has 5 heteroatoms. The van der Waals surface area contributed by atoms with Crippen LogP contribution in [0.2, 0.25) is 0 Å². The number of aliphatic hydroxyl groups excluding tert-OH is 1. The average Bonchev–Trinajstić information content (AvgIpc) is 3.13. The first kappa shape index (κ1) is 13.8. The minimum atomic E-state index is -0.530. The quantitative estimate of drug-likeness (QED) is 0.869.